The van der Waals surface area contributed by atoms with Crippen LogP contribution in [0, 0.1) is 0 Å². The van der Waals surface area contributed by atoms with Gasteiger partial charge in [-0.15, -0.1) is 24.0 Å². The van der Waals surface area contributed by atoms with Crippen LogP contribution < -0.4 is 10.6 Å². The molecule has 0 aromatic rings. The molecule has 0 spiro atoms. The molecular weight excluding hydrogens is 427 g/mol. The molecule has 0 aliphatic heterocycles. The van der Waals surface area contributed by atoms with Crippen LogP contribution in [0.15, 0.2) is 4.99 Å². The Kier molecular flexibility index (Phi) is 10.7. The SMILES string of the molecule is CCNC(=NCC(C)N(C)C1CC1)NC(C)CCS(C)(=O)=O.I. The highest BCUT2D eigenvalue weighted by Gasteiger charge is 2.28. The van der Waals surface area contributed by atoms with Gasteiger partial charge in [-0.1, -0.05) is 0 Å². The van der Waals surface area contributed by atoms with Crippen LogP contribution in [0.1, 0.15) is 40.0 Å². The predicted molar refractivity (Wildman–Crippen MR) is 109 cm³/mol. The minimum Gasteiger partial charge on any atom is -0.357 e. The van der Waals surface area contributed by atoms with Crippen molar-refractivity contribution < 1.29 is 8.42 Å². The Morgan fingerprint density at radius 3 is 2.43 bits per heavy atom. The maximum absolute atomic E-state index is 11.2. The molecule has 2 N–H and O–H groups in total. The summed E-state index contributed by atoms with van der Waals surface area (Å²) in [6.07, 6.45) is 4.45. The number of nitrogens with zero attached hydrogens (tertiary/aromatic N) is 2. The highest BCUT2D eigenvalue weighted by atomic mass is 127. The van der Waals surface area contributed by atoms with Crippen LogP contribution >= 0.6 is 24.0 Å². The number of rotatable bonds is 9. The largest absolute Gasteiger partial charge is 0.357 e. The summed E-state index contributed by atoms with van der Waals surface area (Å²) in [5.41, 5.74) is 0. The van der Waals surface area contributed by atoms with Crippen LogP contribution in [-0.4, -0.2) is 69.5 Å². The Bertz CT molecular complexity index is 466. The molecule has 1 saturated carbocycles. The minimum atomic E-state index is -2.91. The molecule has 23 heavy (non-hydrogen) atoms. The van der Waals surface area contributed by atoms with Crippen molar-refractivity contribution in [2.75, 3.05) is 32.1 Å². The second-order valence-electron chi connectivity index (χ2n) is 6.43. The van der Waals surface area contributed by atoms with Gasteiger partial charge < -0.3 is 10.6 Å². The number of guanidine groups is 1. The topological polar surface area (TPSA) is 73.8 Å². The average molecular weight is 460 g/mol. The molecule has 2 atom stereocenters. The van der Waals surface area contributed by atoms with Crippen LogP contribution in [0.5, 0.6) is 0 Å². The van der Waals surface area contributed by atoms with Crippen molar-refractivity contribution in [2.45, 2.75) is 58.2 Å². The summed E-state index contributed by atoms with van der Waals surface area (Å²) in [6, 6.07) is 1.22. The Balaban J connectivity index is 0.00000484. The molecule has 0 saturated heterocycles. The fourth-order valence-electron chi connectivity index (χ4n) is 2.21. The second-order valence-corrected chi connectivity index (χ2v) is 8.69. The zero-order chi connectivity index (χ0) is 16.8. The lowest BCUT2D eigenvalue weighted by Crippen LogP contribution is -2.44. The van der Waals surface area contributed by atoms with Gasteiger partial charge in [-0.25, -0.2) is 8.42 Å². The third-order valence-electron chi connectivity index (χ3n) is 3.98. The molecule has 2 unspecified atom stereocenters. The Morgan fingerprint density at radius 2 is 1.96 bits per heavy atom. The summed E-state index contributed by atoms with van der Waals surface area (Å²) in [7, 11) is -0.754. The molecule has 6 nitrogen and oxygen atoms in total. The first kappa shape index (κ1) is 22.9. The van der Waals surface area contributed by atoms with Crippen LogP contribution in [0.3, 0.4) is 0 Å². The van der Waals surface area contributed by atoms with Crippen molar-refractivity contribution in [2.24, 2.45) is 4.99 Å². The summed E-state index contributed by atoms with van der Waals surface area (Å²) in [5.74, 6) is 0.959. The highest BCUT2D eigenvalue weighted by Crippen LogP contribution is 2.26. The average Bonchev–Trinajstić information content (AvgIpc) is 3.25. The molecule has 1 rings (SSSR count). The van der Waals surface area contributed by atoms with E-state index in [4.69, 9.17) is 0 Å². The maximum atomic E-state index is 11.2. The van der Waals surface area contributed by atoms with Gasteiger partial charge in [0.25, 0.3) is 0 Å². The van der Waals surface area contributed by atoms with Gasteiger partial charge in [0.2, 0.25) is 0 Å². The van der Waals surface area contributed by atoms with Gasteiger partial charge in [0, 0.05) is 30.9 Å². The lowest BCUT2D eigenvalue weighted by Gasteiger charge is -2.24. The summed E-state index contributed by atoms with van der Waals surface area (Å²) in [4.78, 5) is 7.02. The summed E-state index contributed by atoms with van der Waals surface area (Å²) < 4.78 is 22.5. The second kappa shape index (κ2) is 10.7. The van der Waals surface area contributed by atoms with E-state index >= 15 is 0 Å². The van der Waals surface area contributed by atoms with Gasteiger partial charge in [-0.3, -0.25) is 9.89 Å². The standard InChI is InChI=1S/C15H32N4O2S.HI/c1-6-16-15(18-12(2)9-10-22(5,20)21)17-11-13(3)19(4)14-7-8-14;/h12-14H,6-11H2,1-5H3,(H2,16,17,18);1H. The van der Waals surface area contributed by atoms with E-state index in [9.17, 15) is 8.42 Å². The number of nitrogens with one attached hydrogen (secondary N) is 2. The zero-order valence-electron chi connectivity index (χ0n) is 15.0. The third kappa shape index (κ3) is 10.4. The molecule has 1 aliphatic carbocycles. The summed E-state index contributed by atoms with van der Waals surface area (Å²) >= 11 is 0. The summed E-state index contributed by atoms with van der Waals surface area (Å²) in [5, 5.41) is 6.51. The lowest BCUT2D eigenvalue weighted by molar-refractivity contribution is 0.253. The number of aliphatic imine (C=N–C) groups is 1. The normalized spacial score (nSPS) is 18.3. The maximum Gasteiger partial charge on any atom is 0.191 e. The van der Waals surface area contributed by atoms with Gasteiger partial charge in [-0.2, -0.15) is 0 Å². The molecule has 0 aromatic heterocycles. The van der Waals surface area contributed by atoms with Crippen LogP contribution in [0.4, 0.5) is 0 Å². The fourth-order valence-corrected chi connectivity index (χ4v) is 2.99. The van der Waals surface area contributed by atoms with E-state index in [1.54, 1.807) is 0 Å². The lowest BCUT2D eigenvalue weighted by atomic mass is 10.2. The third-order valence-corrected chi connectivity index (χ3v) is 4.96. The number of hydrogen-bond donors (Lipinski definition) is 2. The van der Waals surface area contributed by atoms with Gasteiger partial charge in [-0.05, 0) is 47.1 Å². The highest BCUT2D eigenvalue weighted by molar-refractivity contribution is 14.0. The zero-order valence-corrected chi connectivity index (χ0v) is 18.1. The molecule has 0 bridgehead atoms. The van der Waals surface area contributed by atoms with Crippen molar-refractivity contribution in [3.8, 4) is 0 Å². The molecule has 1 aliphatic rings. The van der Waals surface area contributed by atoms with Gasteiger partial charge in [0.05, 0.1) is 12.3 Å². The molecule has 1 fully saturated rings. The van der Waals surface area contributed by atoms with Crippen molar-refractivity contribution in [3.63, 3.8) is 0 Å². The summed E-state index contributed by atoms with van der Waals surface area (Å²) in [6.45, 7) is 7.73. The van der Waals surface area contributed by atoms with Gasteiger partial charge in [0.1, 0.15) is 9.84 Å². The van der Waals surface area contributed by atoms with Crippen molar-refractivity contribution in [1.82, 2.24) is 15.5 Å². The van der Waals surface area contributed by atoms with E-state index in [2.05, 4.69) is 34.5 Å². The van der Waals surface area contributed by atoms with Crippen LogP contribution in [0.2, 0.25) is 0 Å². The smallest absolute Gasteiger partial charge is 0.191 e. The van der Waals surface area contributed by atoms with E-state index in [0.29, 0.717) is 12.5 Å². The number of hydrogen-bond acceptors (Lipinski definition) is 4. The number of sulfone groups is 1. The quantitative estimate of drug-likeness (QED) is 0.310. The van der Waals surface area contributed by atoms with Crippen molar-refractivity contribution in [1.29, 1.82) is 0 Å². The van der Waals surface area contributed by atoms with E-state index in [1.165, 1.54) is 19.1 Å². The number of likely N-dealkylation sites (N-methyl/N-ethyl adjacent to an activating group) is 1. The first-order valence-corrected chi connectivity index (χ1v) is 10.2. The van der Waals surface area contributed by atoms with E-state index in [1.807, 2.05) is 13.8 Å². The Labute approximate surface area is 158 Å². The molecule has 138 valence electrons. The van der Waals surface area contributed by atoms with Gasteiger partial charge in [0.15, 0.2) is 5.96 Å². The van der Waals surface area contributed by atoms with E-state index in [-0.39, 0.29) is 35.8 Å². The Hall–Kier alpha value is -0.0900. The molecule has 0 aromatic carbocycles. The van der Waals surface area contributed by atoms with E-state index < -0.39 is 9.84 Å². The van der Waals surface area contributed by atoms with Gasteiger partial charge >= 0.3 is 0 Å². The molecule has 8 heteroatoms. The minimum absolute atomic E-state index is 0. The predicted octanol–water partition coefficient (Wildman–Crippen LogP) is 1.47. The van der Waals surface area contributed by atoms with Crippen LogP contribution in [0.25, 0.3) is 0 Å². The van der Waals surface area contributed by atoms with E-state index in [0.717, 1.165) is 25.1 Å². The van der Waals surface area contributed by atoms with Crippen molar-refractivity contribution >= 4 is 39.8 Å². The molecule has 0 radical (unpaired) electrons. The fraction of sp³-hybridized carbons (Fsp3) is 0.933. The van der Waals surface area contributed by atoms with Crippen molar-refractivity contribution in [3.05, 3.63) is 0 Å². The molecular formula is C15H33IN4O2S. The number of halogens is 1. The monoisotopic (exact) mass is 460 g/mol. The first-order valence-electron chi connectivity index (χ1n) is 8.17. The first-order chi connectivity index (χ1) is 10.2. The Morgan fingerprint density at radius 1 is 1.35 bits per heavy atom. The van der Waals surface area contributed by atoms with Crippen LogP contribution in [-0.2, 0) is 9.84 Å². The molecule has 0 heterocycles. The molecule has 0 amide bonds.